The fourth-order valence-corrected chi connectivity index (χ4v) is 1.74. The molecule has 106 valence electrons. The van der Waals surface area contributed by atoms with E-state index in [9.17, 15) is 0 Å². The molecular weight excluding hydrogens is 268 g/mol. The Morgan fingerprint density at radius 1 is 1.32 bits per heavy atom. The zero-order valence-electron chi connectivity index (χ0n) is 11.1. The summed E-state index contributed by atoms with van der Waals surface area (Å²) in [5.74, 6) is 1.05. The van der Waals surface area contributed by atoms with Crippen LogP contribution in [0.5, 0.6) is 5.88 Å². The third-order valence-electron chi connectivity index (χ3n) is 2.55. The van der Waals surface area contributed by atoms with Crippen molar-refractivity contribution in [1.29, 1.82) is 0 Å². The van der Waals surface area contributed by atoms with Gasteiger partial charge in [-0.15, -0.1) is 12.4 Å². The van der Waals surface area contributed by atoms with E-state index in [-0.39, 0.29) is 12.4 Å². The van der Waals surface area contributed by atoms with E-state index in [4.69, 9.17) is 15.2 Å². The maximum Gasteiger partial charge on any atom is 0.242 e. The molecule has 2 aromatic heterocycles. The minimum absolute atomic E-state index is 0. The zero-order chi connectivity index (χ0) is 13.0. The van der Waals surface area contributed by atoms with Gasteiger partial charge in [-0.1, -0.05) is 0 Å². The van der Waals surface area contributed by atoms with E-state index in [0.29, 0.717) is 24.0 Å². The van der Waals surface area contributed by atoms with Crippen LogP contribution < -0.4 is 10.5 Å². The van der Waals surface area contributed by atoms with E-state index < -0.39 is 0 Å². The van der Waals surface area contributed by atoms with Crippen molar-refractivity contribution in [2.45, 2.75) is 19.8 Å². The van der Waals surface area contributed by atoms with Gasteiger partial charge in [0, 0.05) is 26.1 Å². The molecule has 0 bridgehead atoms. The topological polar surface area (TPSA) is 74.7 Å². The van der Waals surface area contributed by atoms with Gasteiger partial charge < -0.3 is 15.2 Å². The van der Waals surface area contributed by atoms with Crippen molar-refractivity contribution in [3.63, 3.8) is 0 Å². The minimum Gasteiger partial charge on any atom is -0.476 e. The maximum absolute atomic E-state index is 5.85. The number of aryl methyl sites for hydroxylation is 1. The number of methoxy groups -OCH3 is 1. The summed E-state index contributed by atoms with van der Waals surface area (Å²) in [4.78, 5) is 8.72. The largest absolute Gasteiger partial charge is 0.476 e. The highest BCUT2D eigenvalue weighted by atomic mass is 35.5. The fraction of sp³-hybridized carbons (Fsp3) is 0.500. The molecule has 0 amide bonds. The van der Waals surface area contributed by atoms with Crippen molar-refractivity contribution in [1.82, 2.24) is 14.4 Å². The first-order valence-corrected chi connectivity index (χ1v) is 6.00. The van der Waals surface area contributed by atoms with Gasteiger partial charge in [-0.2, -0.15) is 4.98 Å². The molecular formula is C12H19ClN4O2. The summed E-state index contributed by atoms with van der Waals surface area (Å²) in [6.07, 6.45) is 5.51. The number of rotatable bonds is 6. The number of nitrogen functional groups attached to an aromatic ring is 1. The van der Waals surface area contributed by atoms with Gasteiger partial charge in [0.15, 0.2) is 0 Å². The Labute approximate surface area is 118 Å². The van der Waals surface area contributed by atoms with E-state index >= 15 is 0 Å². The second-order valence-corrected chi connectivity index (χ2v) is 3.97. The third-order valence-corrected chi connectivity index (χ3v) is 2.55. The van der Waals surface area contributed by atoms with Crippen LogP contribution in [0.4, 0.5) is 5.69 Å². The third kappa shape index (κ3) is 3.71. The number of halogens is 1. The first kappa shape index (κ1) is 15.5. The quantitative estimate of drug-likeness (QED) is 0.818. The van der Waals surface area contributed by atoms with Gasteiger partial charge in [0.25, 0.3) is 0 Å². The summed E-state index contributed by atoms with van der Waals surface area (Å²) in [6, 6.07) is 0. The number of aromatic nitrogens is 3. The lowest BCUT2D eigenvalue weighted by Gasteiger charge is -2.04. The molecule has 2 N–H and O–H groups in total. The normalized spacial score (nSPS) is 10.4. The number of hydrogen-bond donors (Lipinski definition) is 1. The van der Waals surface area contributed by atoms with E-state index in [1.54, 1.807) is 13.3 Å². The predicted molar refractivity (Wildman–Crippen MR) is 76.0 cm³/mol. The van der Waals surface area contributed by atoms with Gasteiger partial charge in [-0.05, 0) is 19.8 Å². The van der Waals surface area contributed by atoms with E-state index in [1.807, 2.05) is 17.5 Å². The van der Waals surface area contributed by atoms with Crippen LogP contribution in [-0.4, -0.2) is 34.7 Å². The lowest BCUT2D eigenvalue weighted by atomic mass is 10.3. The second-order valence-electron chi connectivity index (χ2n) is 3.97. The van der Waals surface area contributed by atoms with Crippen LogP contribution in [0.2, 0.25) is 0 Å². The molecule has 19 heavy (non-hydrogen) atoms. The maximum atomic E-state index is 5.85. The summed E-state index contributed by atoms with van der Waals surface area (Å²) >= 11 is 0. The molecule has 2 aromatic rings. The van der Waals surface area contributed by atoms with Gasteiger partial charge in [0.2, 0.25) is 11.7 Å². The van der Waals surface area contributed by atoms with E-state index in [2.05, 4.69) is 9.97 Å². The molecule has 0 saturated carbocycles. The van der Waals surface area contributed by atoms with Crippen LogP contribution in [0, 0.1) is 0 Å². The molecule has 2 rings (SSSR count). The number of fused-ring (bicyclic) bond motifs is 1. The Bertz CT molecular complexity index is 530. The molecule has 0 spiro atoms. The number of anilines is 1. The van der Waals surface area contributed by atoms with E-state index in [1.165, 1.54) is 0 Å². The highest BCUT2D eigenvalue weighted by Crippen LogP contribution is 2.19. The zero-order valence-corrected chi connectivity index (χ0v) is 11.9. The monoisotopic (exact) mass is 286 g/mol. The van der Waals surface area contributed by atoms with Crippen molar-refractivity contribution in [3.05, 3.63) is 18.1 Å². The predicted octanol–water partition coefficient (Wildman–Crippen LogP) is 1.71. The summed E-state index contributed by atoms with van der Waals surface area (Å²) < 4.78 is 12.2. The highest BCUT2D eigenvalue weighted by molar-refractivity contribution is 5.85. The van der Waals surface area contributed by atoms with Gasteiger partial charge >= 0.3 is 0 Å². The summed E-state index contributed by atoms with van der Waals surface area (Å²) in [5, 5.41) is 0. The van der Waals surface area contributed by atoms with Gasteiger partial charge in [0.05, 0.1) is 12.3 Å². The highest BCUT2D eigenvalue weighted by Gasteiger charge is 2.08. The molecule has 0 aromatic carbocycles. The van der Waals surface area contributed by atoms with Crippen LogP contribution in [0.1, 0.15) is 19.0 Å². The molecule has 0 aliphatic rings. The number of nitrogens with two attached hydrogens (primary N) is 1. The molecule has 0 aliphatic heterocycles. The number of hydrogen-bond acceptors (Lipinski definition) is 5. The van der Waals surface area contributed by atoms with Gasteiger partial charge in [0.1, 0.15) is 5.69 Å². The Morgan fingerprint density at radius 3 is 2.79 bits per heavy atom. The summed E-state index contributed by atoms with van der Waals surface area (Å²) in [5.41, 5.74) is 7.35. The van der Waals surface area contributed by atoms with Gasteiger partial charge in [-0.3, -0.25) is 4.40 Å². The van der Waals surface area contributed by atoms with Crippen molar-refractivity contribution >= 4 is 23.9 Å². The standard InChI is InChI=1S/C12H18N4O2.ClH/c1-3-18-11-10(13)8-16-7-9(5-4-6-17-2)14-12(16)15-11;/h7-8H,3-6,13H2,1-2H3;1H. The van der Waals surface area contributed by atoms with Crippen LogP contribution >= 0.6 is 12.4 Å². The lowest BCUT2D eigenvalue weighted by molar-refractivity contribution is 0.195. The minimum atomic E-state index is 0. The van der Waals surface area contributed by atoms with Gasteiger partial charge in [-0.25, -0.2) is 4.98 Å². The Balaban J connectivity index is 0.00000180. The molecule has 6 nitrogen and oxygen atoms in total. The fourth-order valence-electron chi connectivity index (χ4n) is 1.74. The molecule has 0 unspecified atom stereocenters. The van der Waals surface area contributed by atoms with Crippen LogP contribution in [0.3, 0.4) is 0 Å². The molecule has 0 saturated heterocycles. The van der Waals surface area contributed by atoms with Crippen LogP contribution in [-0.2, 0) is 11.2 Å². The van der Waals surface area contributed by atoms with Crippen molar-refractivity contribution in [3.8, 4) is 5.88 Å². The summed E-state index contributed by atoms with van der Waals surface area (Å²) in [7, 11) is 1.69. The molecule has 0 radical (unpaired) electrons. The molecule has 0 aliphatic carbocycles. The Kier molecular flexibility index (Phi) is 5.85. The summed E-state index contributed by atoms with van der Waals surface area (Å²) in [6.45, 7) is 3.16. The molecule has 0 fully saturated rings. The first-order chi connectivity index (χ1) is 8.74. The number of nitrogens with zero attached hydrogens (tertiary/aromatic N) is 3. The Morgan fingerprint density at radius 2 is 2.11 bits per heavy atom. The first-order valence-electron chi connectivity index (χ1n) is 6.00. The smallest absolute Gasteiger partial charge is 0.242 e. The molecule has 0 atom stereocenters. The van der Waals surface area contributed by atoms with Crippen molar-refractivity contribution in [2.24, 2.45) is 0 Å². The SMILES string of the molecule is CCOc1nc2nc(CCCOC)cn2cc1N.Cl. The molecule has 2 heterocycles. The number of ether oxygens (including phenoxy) is 2. The van der Waals surface area contributed by atoms with Crippen molar-refractivity contribution in [2.75, 3.05) is 26.1 Å². The average Bonchev–Trinajstić information content (AvgIpc) is 2.72. The Hall–Kier alpha value is -1.53. The van der Waals surface area contributed by atoms with Crippen LogP contribution in [0.25, 0.3) is 5.78 Å². The average molecular weight is 287 g/mol. The van der Waals surface area contributed by atoms with Crippen molar-refractivity contribution < 1.29 is 9.47 Å². The second kappa shape index (κ2) is 7.16. The van der Waals surface area contributed by atoms with Crippen LogP contribution in [0.15, 0.2) is 12.4 Å². The van der Waals surface area contributed by atoms with E-state index in [0.717, 1.165) is 25.1 Å². The number of imidazole rings is 1. The lowest BCUT2D eigenvalue weighted by Crippen LogP contribution is -2.02. The molecule has 7 heteroatoms.